The first kappa shape index (κ1) is 15.6. The Morgan fingerprint density at radius 1 is 1.10 bits per heavy atom. The number of fused-ring (bicyclic) bond motifs is 1. The maximum atomic E-state index is 6.15. The third-order valence-electron chi connectivity index (χ3n) is 3.51. The molecule has 2 aromatic rings. The lowest BCUT2D eigenvalue weighted by Gasteiger charge is -2.22. The van der Waals surface area contributed by atoms with E-state index in [2.05, 4.69) is 49.4 Å². The molecule has 1 unspecified atom stereocenters. The molecule has 4 heteroatoms. The van der Waals surface area contributed by atoms with Gasteiger partial charge in [0, 0.05) is 0 Å². The molecule has 20 heavy (non-hydrogen) atoms. The Bertz CT molecular complexity index is 666. The first-order chi connectivity index (χ1) is 9.08. The normalized spacial score (nSPS) is 21.4. The van der Waals surface area contributed by atoms with E-state index in [0.29, 0.717) is 0 Å². The van der Waals surface area contributed by atoms with Crippen LogP contribution in [0.1, 0.15) is 12.5 Å². The average molecular weight is 399 g/mol. The number of benzene rings is 2. The van der Waals surface area contributed by atoms with Crippen LogP contribution >= 0.6 is 11.8 Å². The lowest BCUT2D eigenvalue weighted by molar-refractivity contribution is -0.471. The van der Waals surface area contributed by atoms with Gasteiger partial charge in [0.1, 0.15) is 19.7 Å². The Kier molecular flexibility index (Phi) is 4.64. The molecule has 1 atom stereocenters. The van der Waals surface area contributed by atoms with Crippen LogP contribution < -0.4 is 24.0 Å². The van der Waals surface area contributed by atoms with Crippen LogP contribution in [0.25, 0.3) is 10.8 Å². The fourth-order valence-electron chi connectivity index (χ4n) is 2.33. The van der Waals surface area contributed by atoms with E-state index in [-0.39, 0.29) is 29.6 Å². The molecule has 2 nitrogen and oxygen atoms in total. The standard InChI is InChI=1S/C16H18NOS.HI/c1-16(11-19-15(18-16)17(2)3)14-9-8-12-6-4-5-7-13(12)10-14;/h4-10H,11H2,1-3H3;1H/q+1;/p-1. The Morgan fingerprint density at radius 2 is 1.80 bits per heavy atom. The van der Waals surface area contributed by atoms with E-state index in [9.17, 15) is 0 Å². The molecular formula is C16H18INOS. The summed E-state index contributed by atoms with van der Waals surface area (Å²) < 4.78 is 8.19. The molecule has 0 spiro atoms. The highest BCUT2D eigenvalue weighted by Crippen LogP contribution is 2.38. The minimum absolute atomic E-state index is 0. The van der Waals surface area contributed by atoms with E-state index < -0.39 is 0 Å². The Labute approximate surface area is 141 Å². The molecular weight excluding hydrogens is 381 g/mol. The zero-order chi connectivity index (χ0) is 13.5. The molecule has 3 rings (SSSR count). The van der Waals surface area contributed by atoms with Gasteiger partial charge in [0.15, 0.2) is 0 Å². The minimum Gasteiger partial charge on any atom is -1.00 e. The first-order valence-electron chi connectivity index (χ1n) is 6.44. The number of hydrogen-bond donors (Lipinski definition) is 0. The summed E-state index contributed by atoms with van der Waals surface area (Å²) in [5.41, 5.74) is 1.02. The molecule has 0 radical (unpaired) electrons. The molecule has 0 N–H and O–H groups in total. The molecule has 0 saturated carbocycles. The molecule has 0 aromatic heterocycles. The van der Waals surface area contributed by atoms with E-state index in [0.717, 1.165) is 11.0 Å². The van der Waals surface area contributed by atoms with E-state index in [1.807, 2.05) is 18.7 Å². The maximum absolute atomic E-state index is 6.15. The van der Waals surface area contributed by atoms with Crippen LogP contribution in [0.5, 0.6) is 0 Å². The molecule has 0 amide bonds. The first-order valence-corrected chi connectivity index (χ1v) is 7.42. The van der Waals surface area contributed by atoms with Crippen molar-refractivity contribution in [3.05, 3.63) is 48.0 Å². The monoisotopic (exact) mass is 399 g/mol. The third kappa shape index (κ3) is 2.81. The zero-order valence-electron chi connectivity index (χ0n) is 11.9. The molecule has 106 valence electrons. The fourth-order valence-corrected chi connectivity index (χ4v) is 3.46. The zero-order valence-corrected chi connectivity index (χ0v) is 14.9. The molecule has 1 fully saturated rings. The van der Waals surface area contributed by atoms with Crippen molar-refractivity contribution in [1.82, 2.24) is 0 Å². The lowest BCUT2D eigenvalue weighted by Crippen LogP contribution is -3.00. The summed E-state index contributed by atoms with van der Waals surface area (Å²) in [6.07, 6.45) is 0. The van der Waals surface area contributed by atoms with Crippen molar-refractivity contribution in [1.29, 1.82) is 0 Å². The summed E-state index contributed by atoms with van der Waals surface area (Å²) in [7, 11) is 4.04. The SMILES string of the molecule is C[N+](C)=C1OC(C)(c2ccc3ccccc3c2)CS1.[I-]. The third-order valence-corrected chi connectivity index (χ3v) is 4.90. The van der Waals surface area contributed by atoms with Crippen LogP contribution in [0, 0.1) is 0 Å². The predicted molar refractivity (Wildman–Crippen MR) is 82.0 cm³/mol. The topological polar surface area (TPSA) is 12.2 Å². The number of ether oxygens (including phenoxy) is 1. The minimum atomic E-state index is -0.228. The highest BCUT2D eigenvalue weighted by molar-refractivity contribution is 8.13. The summed E-state index contributed by atoms with van der Waals surface area (Å²) in [6.45, 7) is 2.17. The Balaban J connectivity index is 0.00000147. The van der Waals surface area contributed by atoms with Crippen molar-refractivity contribution >= 4 is 27.8 Å². The highest BCUT2D eigenvalue weighted by Gasteiger charge is 2.40. The summed E-state index contributed by atoms with van der Waals surface area (Å²) in [5, 5.41) is 3.54. The number of hydrogen-bond acceptors (Lipinski definition) is 2. The number of thioether (sulfide) groups is 1. The fraction of sp³-hybridized carbons (Fsp3) is 0.312. The summed E-state index contributed by atoms with van der Waals surface area (Å²) in [6, 6.07) is 15.1. The Morgan fingerprint density at radius 3 is 2.45 bits per heavy atom. The van der Waals surface area contributed by atoms with Crippen LogP contribution in [-0.4, -0.2) is 29.7 Å². The summed E-state index contributed by atoms with van der Waals surface area (Å²) >= 11 is 1.78. The van der Waals surface area contributed by atoms with Gasteiger partial charge in [0.05, 0.1) is 5.75 Å². The van der Waals surface area contributed by atoms with E-state index in [1.165, 1.54) is 16.3 Å². The van der Waals surface area contributed by atoms with Crippen molar-refractivity contribution in [2.45, 2.75) is 12.5 Å². The van der Waals surface area contributed by atoms with Crippen molar-refractivity contribution < 1.29 is 33.3 Å². The van der Waals surface area contributed by atoms with Gasteiger partial charge in [-0.1, -0.05) is 36.4 Å². The Hall–Kier alpha value is -0.750. The van der Waals surface area contributed by atoms with E-state index in [1.54, 1.807) is 11.8 Å². The van der Waals surface area contributed by atoms with Crippen LogP contribution in [0.3, 0.4) is 0 Å². The van der Waals surface area contributed by atoms with Gasteiger partial charge in [-0.2, -0.15) is 4.58 Å². The van der Waals surface area contributed by atoms with Gasteiger partial charge in [0.25, 0.3) is 0 Å². The smallest absolute Gasteiger partial charge is 0.401 e. The second-order valence-corrected chi connectivity index (χ2v) is 6.27. The average Bonchev–Trinajstić information content (AvgIpc) is 2.82. The van der Waals surface area contributed by atoms with Crippen molar-refractivity contribution in [3.63, 3.8) is 0 Å². The van der Waals surface area contributed by atoms with Gasteiger partial charge in [-0.25, -0.2) is 0 Å². The highest BCUT2D eigenvalue weighted by atomic mass is 127. The van der Waals surface area contributed by atoms with Crippen molar-refractivity contribution in [3.8, 4) is 0 Å². The van der Waals surface area contributed by atoms with Crippen LogP contribution in [-0.2, 0) is 10.3 Å². The van der Waals surface area contributed by atoms with E-state index >= 15 is 0 Å². The van der Waals surface area contributed by atoms with Gasteiger partial charge in [-0.05, 0) is 41.1 Å². The molecule has 1 aliphatic rings. The lowest BCUT2D eigenvalue weighted by atomic mass is 9.95. The van der Waals surface area contributed by atoms with Crippen LogP contribution in [0.2, 0.25) is 0 Å². The van der Waals surface area contributed by atoms with Gasteiger partial charge >= 0.3 is 5.23 Å². The largest absolute Gasteiger partial charge is 1.00 e. The second kappa shape index (κ2) is 5.93. The molecule has 0 bridgehead atoms. The molecule has 1 aliphatic heterocycles. The summed E-state index contributed by atoms with van der Waals surface area (Å²) in [5.74, 6) is 0.957. The second-order valence-electron chi connectivity index (χ2n) is 5.34. The number of rotatable bonds is 1. The quantitative estimate of drug-likeness (QED) is 0.510. The van der Waals surface area contributed by atoms with Gasteiger partial charge in [0.2, 0.25) is 0 Å². The molecule has 0 aliphatic carbocycles. The van der Waals surface area contributed by atoms with E-state index in [4.69, 9.17) is 4.74 Å². The molecule has 1 saturated heterocycles. The maximum Gasteiger partial charge on any atom is 0.401 e. The van der Waals surface area contributed by atoms with Crippen LogP contribution in [0.4, 0.5) is 0 Å². The molecule has 1 heterocycles. The summed E-state index contributed by atoms with van der Waals surface area (Å²) in [4.78, 5) is 0. The predicted octanol–water partition coefficient (Wildman–Crippen LogP) is 0.450. The van der Waals surface area contributed by atoms with Crippen LogP contribution in [0.15, 0.2) is 42.5 Å². The molecule has 2 aromatic carbocycles. The van der Waals surface area contributed by atoms with Gasteiger partial charge < -0.3 is 28.7 Å². The van der Waals surface area contributed by atoms with Crippen molar-refractivity contribution in [2.24, 2.45) is 0 Å². The van der Waals surface area contributed by atoms with Gasteiger partial charge in [-0.3, -0.25) is 0 Å². The number of nitrogens with zero attached hydrogens (tertiary/aromatic N) is 1. The number of halogens is 1. The van der Waals surface area contributed by atoms with Gasteiger partial charge in [-0.15, -0.1) is 0 Å². The van der Waals surface area contributed by atoms with Crippen molar-refractivity contribution in [2.75, 3.05) is 19.8 Å².